The van der Waals surface area contributed by atoms with Crippen molar-refractivity contribution in [1.29, 1.82) is 5.26 Å². The number of nitrogens with zero attached hydrogens (tertiary/aromatic N) is 4. The highest BCUT2D eigenvalue weighted by molar-refractivity contribution is 9.10. The zero-order chi connectivity index (χ0) is 25.8. The van der Waals surface area contributed by atoms with Crippen LogP contribution in [-0.2, 0) is 6.61 Å². The molecule has 1 aromatic heterocycles. The van der Waals surface area contributed by atoms with Gasteiger partial charge in [0.1, 0.15) is 18.2 Å². The average molecular weight is 629 g/mol. The summed E-state index contributed by atoms with van der Waals surface area (Å²) in [5.41, 5.74) is 2.22. The standard InChI is InChI=1S/C27H21Br2ClN4O2/c1-3-16(2)26-33-24-9-8-20(28)11-22(24)27(35)34(26)32-14-19-10-21(30)12-23(29)25(19)36-15-18-7-5-4-6-17(18)13-31/h4-12,14,16H,3,15H2,1-2H3/t16-/m0/s1. The molecule has 0 aliphatic rings. The molecule has 0 N–H and O–H groups in total. The lowest BCUT2D eigenvalue weighted by atomic mass is 10.1. The Bertz CT molecular complexity index is 1580. The minimum atomic E-state index is -0.264. The first-order valence-corrected chi connectivity index (χ1v) is 13.1. The highest BCUT2D eigenvalue weighted by Crippen LogP contribution is 2.33. The highest BCUT2D eigenvalue weighted by Gasteiger charge is 2.17. The van der Waals surface area contributed by atoms with Gasteiger partial charge in [-0.2, -0.15) is 15.0 Å². The summed E-state index contributed by atoms with van der Waals surface area (Å²) in [7, 11) is 0. The van der Waals surface area contributed by atoms with Gasteiger partial charge in [0.15, 0.2) is 0 Å². The average Bonchev–Trinajstić information content (AvgIpc) is 2.87. The Morgan fingerprint density at radius 3 is 2.75 bits per heavy atom. The minimum Gasteiger partial charge on any atom is -0.487 e. The fraction of sp³-hybridized carbons (Fsp3) is 0.185. The molecule has 0 fully saturated rings. The zero-order valence-corrected chi connectivity index (χ0v) is 23.4. The summed E-state index contributed by atoms with van der Waals surface area (Å²) in [6, 6.07) is 18.3. The molecule has 1 atom stereocenters. The number of fused-ring (bicyclic) bond motifs is 1. The molecule has 1 heterocycles. The summed E-state index contributed by atoms with van der Waals surface area (Å²) in [6.45, 7) is 4.22. The van der Waals surface area contributed by atoms with Gasteiger partial charge in [-0.25, -0.2) is 4.98 Å². The molecular formula is C27H21Br2ClN4O2. The third kappa shape index (κ3) is 5.54. The maximum Gasteiger partial charge on any atom is 0.282 e. The number of rotatable bonds is 7. The minimum absolute atomic E-state index is 0.00666. The molecular weight excluding hydrogens is 608 g/mol. The van der Waals surface area contributed by atoms with Crippen molar-refractivity contribution in [3.8, 4) is 11.8 Å². The Hall–Kier alpha value is -2.99. The van der Waals surface area contributed by atoms with Crippen LogP contribution in [0.3, 0.4) is 0 Å². The van der Waals surface area contributed by atoms with Gasteiger partial charge in [-0.05, 0) is 58.7 Å². The molecule has 0 bridgehead atoms. The third-order valence-corrected chi connectivity index (χ3v) is 7.05. The van der Waals surface area contributed by atoms with Crippen LogP contribution in [-0.4, -0.2) is 15.9 Å². The van der Waals surface area contributed by atoms with E-state index in [0.717, 1.165) is 16.5 Å². The predicted molar refractivity (Wildman–Crippen MR) is 150 cm³/mol. The van der Waals surface area contributed by atoms with Gasteiger partial charge in [0.25, 0.3) is 5.56 Å². The molecule has 4 aromatic rings. The van der Waals surface area contributed by atoms with E-state index in [2.05, 4.69) is 43.0 Å². The van der Waals surface area contributed by atoms with E-state index in [-0.39, 0.29) is 18.1 Å². The molecule has 36 heavy (non-hydrogen) atoms. The highest BCUT2D eigenvalue weighted by atomic mass is 79.9. The molecule has 0 spiro atoms. The van der Waals surface area contributed by atoms with Crippen molar-refractivity contribution >= 4 is 60.6 Å². The summed E-state index contributed by atoms with van der Waals surface area (Å²) in [6.07, 6.45) is 2.33. The molecule has 6 nitrogen and oxygen atoms in total. The number of hydrogen-bond donors (Lipinski definition) is 0. The largest absolute Gasteiger partial charge is 0.487 e. The van der Waals surface area contributed by atoms with Gasteiger partial charge < -0.3 is 4.74 Å². The van der Waals surface area contributed by atoms with E-state index < -0.39 is 0 Å². The van der Waals surface area contributed by atoms with Gasteiger partial charge in [-0.3, -0.25) is 4.79 Å². The number of nitriles is 1. The van der Waals surface area contributed by atoms with Crippen LogP contribution in [0, 0.1) is 11.3 Å². The summed E-state index contributed by atoms with van der Waals surface area (Å²) in [5, 5.41) is 14.9. The smallest absolute Gasteiger partial charge is 0.282 e. The van der Waals surface area contributed by atoms with Crippen molar-refractivity contribution in [2.24, 2.45) is 5.10 Å². The number of halogens is 3. The van der Waals surface area contributed by atoms with E-state index >= 15 is 0 Å². The van der Waals surface area contributed by atoms with Gasteiger partial charge in [-0.1, -0.05) is 59.6 Å². The number of aromatic nitrogens is 2. The lowest BCUT2D eigenvalue weighted by Gasteiger charge is -2.15. The van der Waals surface area contributed by atoms with Crippen LogP contribution in [0.4, 0.5) is 0 Å². The van der Waals surface area contributed by atoms with Crippen LogP contribution >= 0.6 is 43.5 Å². The SMILES string of the molecule is CC[C@H](C)c1nc2ccc(Br)cc2c(=O)n1N=Cc1cc(Cl)cc(Br)c1OCc1ccccc1C#N. The molecule has 0 aliphatic heterocycles. The first-order chi connectivity index (χ1) is 17.3. The van der Waals surface area contributed by atoms with Crippen LogP contribution in [0.2, 0.25) is 5.02 Å². The fourth-order valence-corrected chi connectivity index (χ4v) is 4.94. The van der Waals surface area contributed by atoms with Crippen molar-refractivity contribution in [2.45, 2.75) is 32.8 Å². The van der Waals surface area contributed by atoms with Crippen LogP contribution in [0.15, 0.2) is 73.4 Å². The molecule has 0 unspecified atom stereocenters. The van der Waals surface area contributed by atoms with Crippen molar-refractivity contribution in [3.05, 3.63) is 101 Å². The van der Waals surface area contributed by atoms with E-state index in [4.69, 9.17) is 21.3 Å². The molecule has 0 saturated heterocycles. The maximum atomic E-state index is 13.4. The number of ether oxygens (including phenoxy) is 1. The van der Waals surface area contributed by atoms with Gasteiger partial charge in [-0.15, -0.1) is 0 Å². The molecule has 0 amide bonds. The second kappa shape index (κ2) is 11.4. The van der Waals surface area contributed by atoms with Crippen LogP contribution in [0.5, 0.6) is 5.75 Å². The Balaban J connectivity index is 1.79. The topological polar surface area (TPSA) is 80.3 Å². The van der Waals surface area contributed by atoms with Crippen LogP contribution in [0.25, 0.3) is 10.9 Å². The molecule has 182 valence electrons. The van der Waals surface area contributed by atoms with Crippen LogP contribution < -0.4 is 10.3 Å². The van der Waals surface area contributed by atoms with Crippen LogP contribution in [0.1, 0.15) is 48.7 Å². The number of benzene rings is 3. The predicted octanol–water partition coefficient (Wildman–Crippen LogP) is 7.42. The van der Waals surface area contributed by atoms with Gasteiger partial charge in [0.2, 0.25) is 0 Å². The zero-order valence-electron chi connectivity index (χ0n) is 19.5. The quantitative estimate of drug-likeness (QED) is 0.200. The van der Waals surface area contributed by atoms with Gasteiger partial charge >= 0.3 is 0 Å². The summed E-state index contributed by atoms with van der Waals surface area (Å²) in [4.78, 5) is 18.2. The second-order valence-corrected chi connectivity index (χ2v) is 10.4. The van der Waals surface area contributed by atoms with E-state index in [1.807, 2.05) is 38.1 Å². The number of hydrogen-bond acceptors (Lipinski definition) is 5. The van der Waals surface area contributed by atoms with E-state index in [9.17, 15) is 10.1 Å². The Kier molecular flexibility index (Phi) is 8.24. The van der Waals surface area contributed by atoms with Crippen molar-refractivity contribution in [1.82, 2.24) is 9.66 Å². The summed E-state index contributed by atoms with van der Waals surface area (Å²) < 4.78 is 8.85. The fourth-order valence-electron chi connectivity index (χ4n) is 3.63. The van der Waals surface area contributed by atoms with Gasteiger partial charge in [0, 0.05) is 26.5 Å². The van der Waals surface area contributed by atoms with Crippen molar-refractivity contribution in [3.63, 3.8) is 0 Å². The first kappa shape index (κ1) is 26.1. The maximum absolute atomic E-state index is 13.4. The lowest BCUT2D eigenvalue weighted by Crippen LogP contribution is -2.23. The third-order valence-electron chi connectivity index (χ3n) is 5.75. The molecule has 9 heteroatoms. The molecule has 0 saturated carbocycles. The molecule has 0 radical (unpaired) electrons. The second-order valence-electron chi connectivity index (χ2n) is 8.17. The summed E-state index contributed by atoms with van der Waals surface area (Å²) >= 11 is 13.3. The Morgan fingerprint density at radius 1 is 1.22 bits per heavy atom. The van der Waals surface area contributed by atoms with E-state index in [1.54, 1.807) is 36.5 Å². The normalized spacial score (nSPS) is 12.1. The summed E-state index contributed by atoms with van der Waals surface area (Å²) in [5.74, 6) is 1.07. The Labute approximate surface area is 230 Å². The lowest BCUT2D eigenvalue weighted by molar-refractivity contribution is 0.303. The van der Waals surface area contributed by atoms with Crippen molar-refractivity contribution < 1.29 is 4.74 Å². The van der Waals surface area contributed by atoms with Crippen molar-refractivity contribution in [2.75, 3.05) is 0 Å². The van der Waals surface area contributed by atoms with Gasteiger partial charge in [0.05, 0.1) is 33.2 Å². The Morgan fingerprint density at radius 2 is 2.00 bits per heavy atom. The molecule has 4 rings (SSSR count). The first-order valence-electron chi connectivity index (χ1n) is 11.2. The monoisotopic (exact) mass is 626 g/mol. The molecule has 3 aromatic carbocycles. The van der Waals surface area contributed by atoms with E-state index in [1.165, 1.54) is 4.68 Å². The van der Waals surface area contributed by atoms with E-state index in [0.29, 0.717) is 43.1 Å². The molecule has 0 aliphatic carbocycles.